The van der Waals surface area contributed by atoms with Crippen molar-refractivity contribution in [3.8, 4) is 0 Å². The number of rotatable bonds is 4. The molecular formula is C17H23N3O2. The van der Waals surface area contributed by atoms with Crippen LogP contribution in [0.15, 0.2) is 24.3 Å². The van der Waals surface area contributed by atoms with E-state index in [1.807, 2.05) is 0 Å². The van der Waals surface area contributed by atoms with Crippen LogP contribution in [0.5, 0.6) is 0 Å². The lowest BCUT2D eigenvalue weighted by Gasteiger charge is -2.20. The molecule has 5 heteroatoms. The molecule has 0 aromatic heterocycles. The molecule has 1 N–H and O–H groups in total. The SMILES string of the molecule is O=C1CN(C(=O)CCCN2Cc3ccccc3C2)CCCN1. The number of hydrogen-bond donors (Lipinski definition) is 1. The predicted octanol–water partition coefficient (Wildman–Crippen LogP) is 1.13. The Morgan fingerprint density at radius 2 is 1.86 bits per heavy atom. The monoisotopic (exact) mass is 301 g/mol. The van der Waals surface area contributed by atoms with Crippen molar-refractivity contribution in [3.05, 3.63) is 35.4 Å². The zero-order valence-electron chi connectivity index (χ0n) is 12.9. The lowest BCUT2D eigenvalue weighted by Crippen LogP contribution is -2.37. The highest BCUT2D eigenvalue weighted by Gasteiger charge is 2.21. The fourth-order valence-corrected chi connectivity index (χ4v) is 3.19. The van der Waals surface area contributed by atoms with Crippen molar-refractivity contribution in [3.63, 3.8) is 0 Å². The second kappa shape index (κ2) is 6.92. The van der Waals surface area contributed by atoms with Crippen LogP contribution in [0.25, 0.3) is 0 Å². The first-order valence-electron chi connectivity index (χ1n) is 8.06. The number of carbonyl (C=O) groups excluding carboxylic acids is 2. The molecule has 0 aliphatic carbocycles. The third kappa shape index (κ3) is 3.65. The molecule has 22 heavy (non-hydrogen) atoms. The van der Waals surface area contributed by atoms with Crippen LogP contribution in [0.4, 0.5) is 0 Å². The van der Waals surface area contributed by atoms with Crippen molar-refractivity contribution in [2.45, 2.75) is 32.4 Å². The molecule has 5 nitrogen and oxygen atoms in total. The van der Waals surface area contributed by atoms with Crippen molar-refractivity contribution in [2.75, 3.05) is 26.2 Å². The maximum atomic E-state index is 12.2. The molecule has 2 aliphatic heterocycles. The first-order valence-corrected chi connectivity index (χ1v) is 8.06. The highest BCUT2D eigenvalue weighted by molar-refractivity contribution is 5.85. The quantitative estimate of drug-likeness (QED) is 0.907. The van der Waals surface area contributed by atoms with Gasteiger partial charge in [0, 0.05) is 32.6 Å². The van der Waals surface area contributed by atoms with Gasteiger partial charge < -0.3 is 10.2 Å². The average Bonchev–Trinajstić information content (AvgIpc) is 2.80. The van der Waals surface area contributed by atoms with Gasteiger partial charge in [-0.05, 0) is 30.5 Å². The standard InChI is InChI=1S/C17H23N3O2/c21-16-13-20(10-4-8-18-16)17(22)7-3-9-19-11-14-5-1-2-6-15(14)12-19/h1-2,5-6H,3-4,7-13H2,(H,18,21). The Balaban J connectivity index is 1.42. The molecule has 1 aromatic carbocycles. The normalized spacial score (nSPS) is 18.7. The van der Waals surface area contributed by atoms with Crippen LogP contribution in [-0.2, 0) is 22.7 Å². The minimum Gasteiger partial charge on any atom is -0.354 e. The van der Waals surface area contributed by atoms with Crippen LogP contribution in [0, 0.1) is 0 Å². The first kappa shape index (κ1) is 15.0. The molecule has 118 valence electrons. The van der Waals surface area contributed by atoms with E-state index in [1.165, 1.54) is 11.1 Å². The summed E-state index contributed by atoms with van der Waals surface area (Å²) in [5.74, 6) is 0.0644. The summed E-state index contributed by atoms with van der Waals surface area (Å²) in [7, 11) is 0. The van der Waals surface area contributed by atoms with E-state index in [0.29, 0.717) is 19.5 Å². The van der Waals surface area contributed by atoms with Crippen LogP contribution < -0.4 is 5.32 Å². The Labute approximate surface area is 131 Å². The molecule has 1 saturated heterocycles. The molecule has 0 saturated carbocycles. The van der Waals surface area contributed by atoms with Gasteiger partial charge in [-0.15, -0.1) is 0 Å². The summed E-state index contributed by atoms with van der Waals surface area (Å²) in [6.07, 6.45) is 2.23. The molecule has 2 aliphatic rings. The summed E-state index contributed by atoms with van der Waals surface area (Å²) in [5, 5.41) is 2.80. The largest absolute Gasteiger partial charge is 0.354 e. The van der Waals surface area contributed by atoms with Gasteiger partial charge in [0.25, 0.3) is 0 Å². The summed E-state index contributed by atoms with van der Waals surface area (Å²) < 4.78 is 0. The molecule has 2 amide bonds. The number of benzene rings is 1. The van der Waals surface area contributed by atoms with Crippen molar-refractivity contribution < 1.29 is 9.59 Å². The van der Waals surface area contributed by atoms with Gasteiger partial charge in [-0.1, -0.05) is 24.3 Å². The molecule has 1 aromatic rings. The van der Waals surface area contributed by atoms with Crippen LogP contribution in [0.3, 0.4) is 0 Å². The number of hydrogen-bond acceptors (Lipinski definition) is 3. The Bertz CT molecular complexity index is 534. The highest BCUT2D eigenvalue weighted by atomic mass is 16.2. The number of amides is 2. The van der Waals surface area contributed by atoms with Crippen molar-refractivity contribution in [2.24, 2.45) is 0 Å². The summed E-state index contributed by atoms with van der Waals surface area (Å²) in [4.78, 5) is 27.8. The van der Waals surface area contributed by atoms with Crippen LogP contribution in [-0.4, -0.2) is 47.8 Å². The smallest absolute Gasteiger partial charge is 0.239 e. The van der Waals surface area contributed by atoms with Crippen LogP contribution in [0.2, 0.25) is 0 Å². The molecule has 0 bridgehead atoms. The van der Waals surface area contributed by atoms with E-state index in [0.717, 1.165) is 32.5 Å². The predicted molar refractivity (Wildman–Crippen MR) is 84.0 cm³/mol. The van der Waals surface area contributed by atoms with Gasteiger partial charge in [0.2, 0.25) is 11.8 Å². The maximum absolute atomic E-state index is 12.2. The van der Waals surface area contributed by atoms with E-state index in [-0.39, 0.29) is 18.4 Å². The number of carbonyl (C=O) groups is 2. The molecule has 0 unspecified atom stereocenters. The molecule has 0 atom stereocenters. The minimum atomic E-state index is -0.0409. The van der Waals surface area contributed by atoms with Gasteiger partial charge in [0.1, 0.15) is 0 Å². The Hall–Kier alpha value is -1.88. The zero-order chi connectivity index (χ0) is 15.4. The summed E-state index contributed by atoms with van der Waals surface area (Å²) in [6, 6.07) is 8.51. The van der Waals surface area contributed by atoms with E-state index >= 15 is 0 Å². The fourth-order valence-electron chi connectivity index (χ4n) is 3.19. The van der Waals surface area contributed by atoms with Crippen LogP contribution >= 0.6 is 0 Å². The van der Waals surface area contributed by atoms with E-state index in [2.05, 4.69) is 34.5 Å². The third-order valence-electron chi connectivity index (χ3n) is 4.39. The second-order valence-electron chi connectivity index (χ2n) is 6.10. The number of nitrogens with one attached hydrogen (secondary N) is 1. The maximum Gasteiger partial charge on any atom is 0.239 e. The zero-order valence-corrected chi connectivity index (χ0v) is 12.9. The molecular weight excluding hydrogens is 278 g/mol. The molecule has 0 spiro atoms. The highest BCUT2D eigenvalue weighted by Crippen LogP contribution is 2.22. The number of fused-ring (bicyclic) bond motifs is 1. The minimum absolute atomic E-state index is 0.0409. The van der Waals surface area contributed by atoms with E-state index in [1.54, 1.807) is 4.90 Å². The fraction of sp³-hybridized carbons (Fsp3) is 0.529. The van der Waals surface area contributed by atoms with Crippen molar-refractivity contribution in [1.82, 2.24) is 15.1 Å². The molecule has 2 heterocycles. The first-order chi connectivity index (χ1) is 10.7. The topological polar surface area (TPSA) is 52.7 Å². The van der Waals surface area contributed by atoms with E-state index in [9.17, 15) is 9.59 Å². The third-order valence-corrected chi connectivity index (χ3v) is 4.39. The summed E-state index contributed by atoms with van der Waals surface area (Å²) in [6.45, 7) is 4.47. The Morgan fingerprint density at radius 3 is 2.59 bits per heavy atom. The lowest BCUT2D eigenvalue weighted by atomic mass is 10.1. The van der Waals surface area contributed by atoms with Gasteiger partial charge in [-0.3, -0.25) is 14.5 Å². The van der Waals surface area contributed by atoms with Gasteiger partial charge in [0.05, 0.1) is 6.54 Å². The van der Waals surface area contributed by atoms with Gasteiger partial charge in [-0.2, -0.15) is 0 Å². The summed E-state index contributed by atoms with van der Waals surface area (Å²) >= 11 is 0. The lowest BCUT2D eigenvalue weighted by molar-refractivity contribution is -0.135. The Morgan fingerprint density at radius 1 is 1.14 bits per heavy atom. The van der Waals surface area contributed by atoms with Gasteiger partial charge in [-0.25, -0.2) is 0 Å². The van der Waals surface area contributed by atoms with Crippen LogP contribution in [0.1, 0.15) is 30.4 Å². The summed E-state index contributed by atoms with van der Waals surface area (Å²) in [5.41, 5.74) is 2.80. The molecule has 3 rings (SSSR count). The number of nitrogens with zero attached hydrogens (tertiary/aromatic N) is 2. The average molecular weight is 301 g/mol. The van der Waals surface area contributed by atoms with E-state index in [4.69, 9.17) is 0 Å². The van der Waals surface area contributed by atoms with E-state index < -0.39 is 0 Å². The van der Waals surface area contributed by atoms with Crippen molar-refractivity contribution >= 4 is 11.8 Å². The Kier molecular flexibility index (Phi) is 4.73. The van der Waals surface area contributed by atoms with Gasteiger partial charge >= 0.3 is 0 Å². The van der Waals surface area contributed by atoms with Crippen molar-refractivity contribution in [1.29, 1.82) is 0 Å². The molecule has 0 radical (unpaired) electrons. The molecule has 1 fully saturated rings. The second-order valence-corrected chi connectivity index (χ2v) is 6.10. The van der Waals surface area contributed by atoms with Gasteiger partial charge in [0.15, 0.2) is 0 Å².